The molecule has 0 saturated heterocycles. The maximum absolute atomic E-state index is 11.6. The quantitative estimate of drug-likeness (QED) is 0.647. The standard InChI is InChI=1S/C13H16N4O3S/c1-8(7-17-6-4-5-14-17)15-13-16-10(12(19)20-3)11(21-13)9(2)18/h4-6,8H,7H2,1-3H3,(H,15,16). The Balaban J connectivity index is 2.13. The number of carbonyl (C=O) groups excluding carboxylic acids is 2. The third kappa shape index (κ3) is 3.66. The highest BCUT2D eigenvalue weighted by Crippen LogP contribution is 2.25. The molecule has 0 radical (unpaired) electrons. The fourth-order valence-corrected chi connectivity index (χ4v) is 2.76. The Labute approximate surface area is 125 Å². The highest BCUT2D eigenvalue weighted by Gasteiger charge is 2.22. The summed E-state index contributed by atoms with van der Waals surface area (Å²) >= 11 is 1.15. The number of rotatable bonds is 6. The van der Waals surface area contributed by atoms with Crippen molar-refractivity contribution < 1.29 is 14.3 Å². The second-order valence-corrected chi connectivity index (χ2v) is 5.52. The zero-order chi connectivity index (χ0) is 15.4. The number of nitrogens with one attached hydrogen (secondary N) is 1. The van der Waals surface area contributed by atoms with Gasteiger partial charge in [-0.05, 0) is 13.0 Å². The Kier molecular flexibility index (Phi) is 4.69. The summed E-state index contributed by atoms with van der Waals surface area (Å²) in [5.41, 5.74) is 0.0591. The van der Waals surface area contributed by atoms with E-state index in [4.69, 9.17) is 0 Å². The summed E-state index contributed by atoms with van der Waals surface area (Å²) in [5, 5.41) is 7.80. The van der Waals surface area contributed by atoms with Crippen LogP contribution < -0.4 is 5.32 Å². The van der Waals surface area contributed by atoms with Crippen LogP contribution in [0.1, 0.15) is 34.0 Å². The minimum absolute atomic E-state index is 0.0429. The number of Topliss-reactive ketones (excluding diaryl/α,β-unsaturated/α-hetero) is 1. The molecule has 21 heavy (non-hydrogen) atoms. The lowest BCUT2D eigenvalue weighted by Crippen LogP contribution is -2.22. The number of ether oxygens (including phenoxy) is 1. The van der Waals surface area contributed by atoms with Gasteiger partial charge in [-0.1, -0.05) is 11.3 Å². The van der Waals surface area contributed by atoms with E-state index in [1.165, 1.54) is 14.0 Å². The zero-order valence-electron chi connectivity index (χ0n) is 12.0. The van der Waals surface area contributed by atoms with Gasteiger partial charge in [-0.2, -0.15) is 5.10 Å². The number of esters is 1. The number of nitrogens with zero attached hydrogens (tertiary/aromatic N) is 3. The Morgan fingerprint density at radius 1 is 1.52 bits per heavy atom. The van der Waals surface area contributed by atoms with Crippen LogP contribution in [0.4, 0.5) is 5.13 Å². The third-order valence-corrected chi connectivity index (χ3v) is 3.80. The van der Waals surface area contributed by atoms with Crippen molar-refractivity contribution >= 4 is 28.2 Å². The van der Waals surface area contributed by atoms with E-state index in [1.807, 2.05) is 19.2 Å². The molecule has 2 rings (SSSR count). The molecular weight excluding hydrogens is 292 g/mol. The summed E-state index contributed by atoms with van der Waals surface area (Å²) in [6.45, 7) is 4.01. The van der Waals surface area contributed by atoms with Gasteiger partial charge in [0, 0.05) is 25.4 Å². The first-order valence-corrected chi connectivity index (χ1v) is 7.17. The van der Waals surface area contributed by atoms with E-state index in [2.05, 4.69) is 20.1 Å². The van der Waals surface area contributed by atoms with Gasteiger partial charge in [-0.25, -0.2) is 9.78 Å². The Morgan fingerprint density at radius 2 is 2.29 bits per heavy atom. The SMILES string of the molecule is COC(=O)c1nc(NC(C)Cn2cccn2)sc1C(C)=O. The lowest BCUT2D eigenvalue weighted by molar-refractivity contribution is 0.0591. The summed E-state index contributed by atoms with van der Waals surface area (Å²) < 4.78 is 6.43. The lowest BCUT2D eigenvalue weighted by Gasteiger charge is -2.12. The molecule has 1 unspecified atom stereocenters. The maximum atomic E-state index is 11.6. The molecule has 0 bridgehead atoms. The van der Waals surface area contributed by atoms with Gasteiger partial charge >= 0.3 is 5.97 Å². The van der Waals surface area contributed by atoms with Crippen LogP contribution in [0.15, 0.2) is 18.5 Å². The van der Waals surface area contributed by atoms with Gasteiger partial charge in [0.15, 0.2) is 16.6 Å². The van der Waals surface area contributed by atoms with Crippen LogP contribution in [-0.4, -0.2) is 39.7 Å². The summed E-state index contributed by atoms with van der Waals surface area (Å²) in [6.07, 6.45) is 3.57. The number of methoxy groups -OCH3 is 1. The van der Waals surface area contributed by atoms with Crippen molar-refractivity contribution in [3.05, 3.63) is 29.0 Å². The number of thiazole rings is 1. The number of anilines is 1. The summed E-state index contributed by atoms with van der Waals surface area (Å²) in [4.78, 5) is 27.6. The van der Waals surface area contributed by atoms with E-state index in [0.29, 0.717) is 16.6 Å². The van der Waals surface area contributed by atoms with Crippen LogP contribution in [0.3, 0.4) is 0 Å². The average Bonchev–Trinajstić information content (AvgIpc) is 3.07. The molecule has 0 aromatic carbocycles. The molecule has 2 aromatic rings. The molecule has 1 N–H and O–H groups in total. The van der Waals surface area contributed by atoms with Gasteiger partial charge in [0.1, 0.15) is 4.88 Å². The number of carbonyl (C=O) groups is 2. The fraction of sp³-hybridized carbons (Fsp3) is 0.385. The summed E-state index contributed by atoms with van der Waals surface area (Å²) in [5.74, 6) is -0.815. The van der Waals surface area contributed by atoms with Crippen LogP contribution in [0, 0.1) is 0 Å². The molecule has 0 aliphatic heterocycles. The number of ketones is 1. The normalized spacial score (nSPS) is 12.0. The minimum Gasteiger partial charge on any atom is -0.464 e. The van der Waals surface area contributed by atoms with E-state index in [0.717, 1.165) is 11.3 Å². The summed E-state index contributed by atoms with van der Waals surface area (Å²) in [7, 11) is 1.26. The van der Waals surface area contributed by atoms with Crippen LogP contribution in [0.25, 0.3) is 0 Å². The lowest BCUT2D eigenvalue weighted by atomic mass is 10.3. The monoisotopic (exact) mass is 308 g/mol. The fourth-order valence-electron chi connectivity index (χ4n) is 1.80. The third-order valence-electron chi connectivity index (χ3n) is 2.72. The van der Waals surface area contributed by atoms with Gasteiger partial charge in [0.25, 0.3) is 0 Å². The first kappa shape index (κ1) is 15.2. The minimum atomic E-state index is -0.607. The Bertz CT molecular complexity index is 636. The first-order valence-electron chi connectivity index (χ1n) is 6.35. The van der Waals surface area contributed by atoms with E-state index in [-0.39, 0.29) is 17.5 Å². The van der Waals surface area contributed by atoms with E-state index < -0.39 is 5.97 Å². The molecule has 2 aromatic heterocycles. The molecular formula is C13H16N4O3S. The van der Waals surface area contributed by atoms with Crippen molar-refractivity contribution in [3.63, 3.8) is 0 Å². The van der Waals surface area contributed by atoms with Crippen molar-refractivity contribution in [2.45, 2.75) is 26.4 Å². The van der Waals surface area contributed by atoms with Crippen molar-refractivity contribution in [3.8, 4) is 0 Å². The second kappa shape index (κ2) is 6.49. The Morgan fingerprint density at radius 3 is 2.86 bits per heavy atom. The predicted octanol–water partition coefficient (Wildman–Crippen LogP) is 1.83. The topological polar surface area (TPSA) is 86.1 Å². The number of hydrogen-bond acceptors (Lipinski definition) is 7. The van der Waals surface area contributed by atoms with Gasteiger partial charge in [-0.3, -0.25) is 9.48 Å². The van der Waals surface area contributed by atoms with Gasteiger partial charge < -0.3 is 10.1 Å². The first-order chi connectivity index (χ1) is 10.0. The van der Waals surface area contributed by atoms with Crippen molar-refractivity contribution in [2.24, 2.45) is 0 Å². The molecule has 7 nitrogen and oxygen atoms in total. The molecule has 2 heterocycles. The van der Waals surface area contributed by atoms with E-state index in [1.54, 1.807) is 10.9 Å². The molecule has 0 aliphatic rings. The van der Waals surface area contributed by atoms with Crippen LogP contribution in [-0.2, 0) is 11.3 Å². The number of hydrogen-bond donors (Lipinski definition) is 1. The average molecular weight is 308 g/mol. The van der Waals surface area contributed by atoms with Crippen molar-refractivity contribution in [1.29, 1.82) is 0 Å². The highest BCUT2D eigenvalue weighted by atomic mass is 32.1. The van der Waals surface area contributed by atoms with Crippen LogP contribution in [0.2, 0.25) is 0 Å². The van der Waals surface area contributed by atoms with Crippen LogP contribution >= 0.6 is 11.3 Å². The Hall–Kier alpha value is -2.22. The van der Waals surface area contributed by atoms with Gasteiger partial charge in [0.2, 0.25) is 0 Å². The van der Waals surface area contributed by atoms with Crippen LogP contribution in [0.5, 0.6) is 0 Å². The molecule has 0 saturated carbocycles. The van der Waals surface area contributed by atoms with E-state index in [9.17, 15) is 9.59 Å². The second-order valence-electron chi connectivity index (χ2n) is 4.52. The van der Waals surface area contributed by atoms with Crippen molar-refractivity contribution in [1.82, 2.24) is 14.8 Å². The van der Waals surface area contributed by atoms with Gasteiger partial charge in [0.05, 0.1) is 13.7 Å². The smallest absolute Gasteiger partial charge is 0.358 e. The maximum Gasteiger partial charge on any atom is 0.358 e. The predicted molar refractivity (Wildman–Crippen MR) is 78.8 cm³/mol. The molecule has 0 amide bonds. The molecule has 8 heteroatoms. The largest absolute Gasteiger partial charge is 0.464 e. The molecule has 112 valence electrons. The van der Waals surface area contributed by atoms with Gasteiger partial charge in [-0.15, -0.1) is 0 Å². The number of aromatic nitrogens is 3. The molecule has 0 fully saturated rings. The van der Waals surface area contributed by atoms with E-state index >= 15 is 0 Å². The molecule has 0 spiro atoms. The summed E-state index contributed by atoms with van der Waals surface area (Å²) in [6, 6.07) is 1.89. The molecule has 0 aliphatic carbocycles. The molecule has 1 atom stereocenters. The van der Waals surface area contributed by atoms with Crippen molar-refractivity contribution in [2.75, 3.05) is 12.4 Å². The highest BCUT2D eigenvalue weighted by molar-refractivity contribution is 7.17. The zero-order valence-corrected chi connectivity index (χ0v) is 12.8.